The van der Waals surface area contributed by atoms with Crippen LogP contribution in [0.25, 0.3) is 0 Å². The third-order valence-corrected chi connectivity index (χ3v) is 4.86. The highest BCUT2D eigenvalue weighted by molar-refractivity contribution is 7.88. The number of likely N-dealkylation sites (N-methyl/N-ethyl adjacent to an activating group) is 1. The van der Waals surface area contributed by atoms with E-state index >= 15 is 0 Å². The normalized spacial score (nSPS) is 16.2. The van der Waals surface area contributed by atoms with Gasteiger partial charge in [-0.2, -0.15) is 8.42 Å². The molecule has 1 aromatic carbocycles. The summed E-state index contributed by atoms with van der Waals surface area (Å²) in [5.74, 6) is -0.745. The third-order valence-electron chi connectivity index (χ3n) is 3.55. The summed E-state index contributed by atoms with van der Waals surface area (Å²) < 4.78 is 46.8. The molecule has 25 heavy (non-hydrogen) atoms. The van der Waals surface area contributed by atoms with E-state index in [1.165, 1.54) is 43.7 Å². The Kier molecular flexibility index (Phi) is 4.41. The number of amides is 1. The highest BCUT2D eigenvalue weighted by atomic mass is 32.2. The highest BCUT2D eigenvalue weighted by Crippen LogP contribution is 2.20. The van der Waals surface area contributed by atoms with Gasteiger partial charge in [-0.05, 0) is 35.9 Å². The number of halogens is 1. The van der Waals surface area contributed by atoms with E-state index in [2.05, 4.69) is 9.71 Å². The number of allylic oxidation sites excluding steroid dienone is 1. The van der Waals surface area contributed by atoms with Gasteiger partial charge in [0.2, 0.25) is 0 Å². The Labute approximate surface area is 143 Å². The molecular formula is C16H14FN3O4S. The average molecular weight is 363 g/mol. The van der Waals surface area contributed by atoms with Crippen molar-refractivity contribution in [3.05, 3.63) is 71.6 Å². The smallest absolute Gasteiger partial charge is 0.345 e. The summed E-state index contributed by atoms with van der Waals surface area (Å²) in [4.78, 5) is 12.4. The van der Waals surface area contributed by atoms with Gasteiger partial charge < -0.3 is 9.73 Å². The second-order valence-electron chi connectivity index (χ2n) is 5.24. The van der Waals surface area contributed by atoms with Crippen LogP contribution in [0.1, 0.15) is 11.3 Å². The minimum Gasteiger partial charge on any atom is -0.463 e. The van der Waals surface area contributed by atoms with Crippen molar-refractivity contribution >= 4 is 21.8 Å². The molecule has 0 aliphatic carbocycles. The van der Waals surface area contributed by atoms with Crippen LogP contribution in [-0.2, 0) is 21.5 Å². The largest absolute Gasteiger partial charge is 0.463 e. The van der Waals surface area contributed by atoms with Crippen molar-refractivity contribution in [3.8, 4) is 0 Å². The number of hydrogen-bond acceptors (Lipinski definition) is 4. The molecule has 1 amide bonds. The molecule has 7 nitrogen and oxygen atoms in total. The van der Waals surface area contributed by atoms with E-state index in [1.807, 2.05) is 0 Å². The van der Waals surface area contributed by atoms with Crippen LogP contribution in [0.3, 0.4) is 0 Å². The predicted molar refractivity (Wildman–Crippen MR) is 88.3 cm³/mol. The van der Waals surface area contributed by atoms with E-state index < -0.39 is 16.1 Å². The van der Waals surface area contributed by atoms with Crippen molar-refractivity contribution in [3.63, 3.8) is 0 Å². The molecule has 0 fully saturated rings. The van der Waals surface area contributed by atoms with Gasteiger partial charge in [0.15, 0.2) is 5.76 Å². The number of nitrogens with one attached hydrogen (secondary N) is 1. The maximum atomic E-state index is 12.9. The fraction of sp³-hybridized carbons (Fsp3) is 0.125. The Morgan fingerprint density at radius 3 is 2.64 bits per heavy atom. The van der Waals surface area contributed by atoms with Crippen molar-refractivity contribution in [1.82, 2.24) is 9.62 Å². The SMILES string of the molecule is CN1C(C(=O)NCc2ccc(F)cc2)=CC(c2ccco2)=NS1(=O)=O. The van der Waals surface area contributed by atoms with Crippen LogP contribution in [0.5, 0.6) is 0 Å². The van der Waals surface area contributed by atoms with Crippen molar-refractivity contribution < 1.29 is 22.0 Å². The third kappa shape index (κ3) is 3.61. The van der Waals surface area contributed by atoms with Gasteiger partial charge in [-0.3, -0.25) is 4.79 Å². The number of carbonyl (C=O) groups excluding carboxylic acids is 1. The molecule has 1 N–H and O–H groups in total. The number of benzene rings is 1. The molecule has 2 aromatic rings. The molecule has 0 radical (unpaired) electrons. The monoisotopic (exact) mass is 363 g/mol. The van der Waals surface area contributed by atoms with Gasteiger partial charge in [-0.25, -0.2) is 8.70 Å². The molecule has 0 atom stereocenters. The lowest BCUT2D eigenvalue weighted by Gasteiger charge is -2.23. The molecule has 2 heterocycles. The lowest BCUT2D eigenvalue weighted by molar-refractivity contribution is -0.118. The van der Waals surface area contributed by atoms with Gasteiger partial charge in [0.1, 0.15) is 17.2 Å². The van der Waals surface area contributed by atoms with Gasteiger partial charge in [-0.1, -0.05) is 12.1 Å². The van der Waals surface area contributed by atoms with Crippen LogP contribution >= 0.6 is 0 Å². The zero-order valence-electron chi connectivity index (χ0n) is 13.1. The summed E-state index contributed by atoms with van der Waals surface area (Å²) in [6.45, 7) is 0.123. The molecule has 1 aliphatic heterocycles. The number of carbonyl (C=O) groups is 1. The van der Waals surface area contributed by atoms with Gasteiger partial charge in [0.05, 0.1) is 6.26 Å². The summed E-state index contributed by atoms with van der Waals surface area (Å²) in [6, 6.07) is 8.75. The second-order valence-corrected chi connectivity index (χ2v) is 6.86. The quantitative estimate of drug-likeness (QED) is 0.893. The first-order valence-corrected chi connectivity index (χ1v) is 8.63. The van der Waals surface area contributed by atoms with Crippen LogP contribution < -0.4 is 5.32 Å². The number of nitrogens with zero attached hydrogens (tertiary/aromatic N) is 2. The van der Waals surface area contributed by atoms with Gasteiger partial charge in [-0.15, -0.1) is 4.40 Å². The molecule has 0 unspecified atom stereocenters. The van der Waals surface area contributed by atoms with E-state index in [-0.39, 0.29) is 29.5 Å². The molecule has 130 valence electrons. The van der Waals surface area contributed by atoms with Crippen LogP contribution in [-0.4, -0.2) is 31.4 Å². The van der Waals surface area contributed by atoms with Gasteiger partial charge in [0.25, 0.3) is 5.91 Å². The molecule has 0 saturated heterocycles. The first kappa shape index (κ1) is 16.9. The summed E-state index contributed by atoms with van der Waals surface area (Å²) in [6.07, 6.45) is 2.71. The van der Waals surface area contributed by atoms with Crippen molar-refractivity contribution in [1.29, 1.82) is 0 Å². The zero-order valence-corrected chi connectivity index (χ0v) is 14.0. The molecule has 0 saturated carbocycles. The first-order valence-electron chi connectivity index (χ1n) is 7.24. The van der Waals surface area contributed by atoms with Gasteiger partial charge in [0, 0.05) is 13.6 Å². The summed E-state index contributed by atoms with van der Waals surface area (Å²) in [5.41, 5.74) is 0.620. The van der Waals surface area contributed by atoms with E-state index in [1.54, 1.807) is 12.1 Å². The Bertz CT molecular complexity index is 948. The van der Waals surface area contributed by atoms with E-state index in [0.29, 0.717) is 5.56 Å². The van der Waals surface area contributed by atoms with Crippen molar-refractivity contribution in [2.75, 3.05) is 7.05 Å². The first-order chi connectivity index (χ1) is 11.9. The van der Waals surface area contributed by atoms with E-state index in [9.17, 15) is 17.6 Å². The van der Waals surface area contributed by atoms with Crippen LogP contribution in [0.15, 0.2) is 63.2 Å². The van der Waals surface area contributed by atoms with Crippen molar-refractivity contribution in [2.24, 2.45) is 4.40 Å². The fourth-order valence-electron chi connectivity index (χ4n) is 2.18. The maximum Gasteiger partial charge on any atom is 0.345 e. The molecule has 3 rings (SSSR count). The van der Waals surface area contributed by atoms with E-state index in [4.69, 9.17) is 4.42 Å². The highest BCUT2D eigenvalue weighted by Gasteiger charge is 2.30. The minimum atomic E-state index is -4.04. The molecule has 9 heteroatoms. The number of rotatable bonds is 4. The van der Waals surface area contributed by atoms with Crippen molar-refractivity contribution in [2.45, 2.75) is 6.54 Å². The minimum absolute atomic E-state index is 0.0371. The Morgan fingerprint density at radius 1 is 1.28 bits per heavy atom. The Morgan fingerprint density at radius 2 is 2.00 bits per heavy atom. The molecule has 0 bridgehead atoms. The Hall–Kier alpha value is -2.94. The van der Waals surface area contributed by atoms with Crippen LogP contribution in [0, 0.1) is 5.82 Å². The molecule has 0 spiro atoms. The average Bonchev–Trinajstić information content (AvgIpc) is 3.11. The summed E-state index contributed by atoms with van der Waals surface area (Å²) in [5, 5.41) is 2.60. The van der Waals surface area contributed by atoms with Crippen LogP contribution in [0.4, 0.5) is 4.39 Å². The van der Waals surface area contributed by atoms with E-state index in [0.717, 1.165) is 4.31 Å². The lowest BCUT2D eigenvalue weighted by atomic mass is 10.2. The molecular weight excluding hydrogens is 349 g/mol. The standard InChI is InChI=1S/C16H14FN3O4S/c1-20-14(16(21)18-10-11-4-6-12(17)7-5-11)9-13(19-25(20,22)23)15-3-2-8-24-15/h2-9H,10H2,1H3,(H,18,21). The summed E-state index contributed by atoms with van der Waals surface area (Å²) in [7, 11) is -2.80. The Balaban J connectivity index is 1.82. The lowest BCUT2D eigenvalue weighted by Crippen LogP contribution is -2.38. The maximum absolute atomic E-state index is 12.9. The van der Waals surface area contributed by atoms with Gasteiger partial charge >= 0.3 is 10.2 Å². The second kappa shape index (κ2) is 6.52. The zero-order chi connectivity index (χ0) is 18.0. The van der Waals surface area contributed by atoms with Crippen LogP contribution in [0.2, 0.25) is 0 Å². The number of hydrogen-bond donors (Lipinski definition) is 1. The topological polar surface area (TPSA) is 92.0 Å². The summed E-state index contributed by atoms with van der Waals surface area (Å²) >= 11 is 0. The fourth-order valence-corrected chi connectivity index (χ4v) is 3.08. The number of furan rings is 1. The predicted octanol–water partition coefficient (Wildman–Crippen LogP) is 1.60. The molecule has 1 aliphatic rings. The molecule has 1 aromatic heterocycles.